The second-order valence-corrected chi connectivity index (χ2v) is 8.74. The maximum Gasteiger partial charge on any atom is 0.345 e. The number of aromatic carboxylic acids is 1. The van der Waals surface area contributed by atoms with Crippen molar-refractivity contribution in [1.82, 2.24) is 4.31 Å². The van der Waals surface area contributed by atoms with Gasteiger partial charge in [0, 0.05) is 12.6 Å². The van der Waals surface area contributed by atoms with Gasteiger partial charge in [0.2, 0.25) is 10.0 Å². The Morgan fingerprint density at radius 1 is 1.53 bits per heavy atom. The lowest BCUT2D eigenvalue weighted by atomic mass is 10.1. The van der Waals surface area contributed by atoms with Crippen LogP contribution in [0.5, 0.6) is 0 Å². The molecule has 1 aromatic rings. The number of carbonyl (C=O) groups is 1. The third-order valence-corrected chi connectivity index (χ3v) is 7.45. The zero-order chi connectivity index (χ0) is 14.2. The monoisotopic (exact) mass is 367 g/mol. The fourth-order valence-electron chi connectivity index (χ4n) is 2.19. The van der Waals surface area contributed by atoms with Crippen LogP contribution in [0.3, 0.4) is 0 Å². The molecule has 0 saturated carbocycles. The van der Waals surface area contributed by atoms with Crippen LogP contribution in [0.25, 0.3) is 0 Å². The molecule has 1 N–H and O–H groups in total. The average Bonchev–Trinajstić information content (AvgIpc) is 2.72. The minimum atomic E-state index is -3.62. The van der Waals surface area contributed by atoms with Gasteiger partial charge in [-0.2, -0.15) is 4.31 Å². The summed E-state index contributed by atoms with van der Waals surface area (Å²) in [5.41, 5.74) is 0. The molecule has 1 aromatic heterocycles. The van der Waals surface area contributed by atoms with E-state index >= 15 is 0 Å². The van der Waals surface area contributed by atoms with Crippen LogP contribution >= 0.6 is 27.3 Å². The van der Waals surface area contributed by atoms with Crippen molar-refractivity contribution in [1.29, 1.82) is 0 Å². The van der Waals surface area contributed by atoms with E-state index in [0.717, 1.165) is 30.6 Å². The number of rotatable bonds is 3. The molecule has 106 valence electrons. The molecule has 5 nitrogen and oxygen atoms in total. The number of sulfonamides is 1. The Kier molecular flexibility index (Phi) is 4.34. The molecule has 0 aliphatic carbocycles. The average molecular weight is 368 g/mol. The van der Waals surface area contributed by atoms with Crippen molar-refractivity contribution in [2.45, 2.75) is 37.1 Å². The van der Waals surface area contributed by atoms with Gasteiger partial charge in [0.25, 0.3) is 0 Å². The second-order valence-electron chi connectivity index (χ2n) is 4.51. The molecule has 1 unspecified atom stereocenters. The summed E-state index contributed by atoms with van der Waals surface area (Å²) < 4.78 is 26.9. The highest BCUT2D eigenvalue weighted by Gasteiger charge is 2.33. The smallest absolute Gasteiger partial charge is 0.345 e. The summed E-state index contributed by atoms with van der Waals surface area (Å²) in [7, 11) is -3.62. The normalized spacial score (nSPS) is 21.5. The molecule has 0 radical (unpaired) electrons. The first-order valence-electron chi connectivity index (χ1n) is 5.88. The van der Waals surface area contributed by atoms with Crippen LogP contribution in [0.1, 0.15) is 35.9 Å². The highest BCUT2D eigenvalue weighted by atomic mass is 79.9. The molecule has 8 heteroatoms. The lowest BCUT2D eigenvalue weighted by Gasteiger charge is -2.32. The van der Waals surface area contributed by atoms with Crippen molar-refractivity contribution in [3.63, 3.8) is 0 Å². The molecule has 1 fully saturated rings. The van der Waals surface area contributed by atoms with Gasteiger partial charge in [0.05, 0.1) is 3.79 Å². The summed E-state index contributed by atoms with van der Waals surface area (Å²) in [5.74, 6) is -1.11. The number of hydrogen-bond donors (Lipinski definition) is 1. The fourth-order valence-corrected chi connectivity index (χ4v) is 6.24. The Morgan fingerprint density at radius 3 is 2.74 bits per heavy atom. The topological polar surface area (TPSA) is 74.7 Å². The maximum absolute atomic E-state index is 12.6. The van der Waals surface area contributed by atoms with E-state index in [9.17, 15) is 13.2 Å². The largest absolute Gasteiger partial charge is 0.477 e. The van der Waals surface area contributed by atoms with Gasteiger partial charge < -0.3 is 5.11 Å². The number of nitrogens with zero attached hydrogens (tertiary/aromatic N) is 1. The quantitative estimate of drug-likeness (QED) is 0.890. The van der Waals surface area contributed by atoms with Gasteiger partial charge >= 0.3 is 5.97 Å². The predicted molar refractivity (Wildman–Crippen MR) is 76.2 cm³/mol. The molecule has 0 bridgehead atoms. The molecular weight excluding hydrogens is 354 g/mol. The molecule has 1 saturated heterocycles. The van der Waals surface area contributed by atoms with Gasteiger partial charge in [-0.25, -0.2) is 13.2 Å². The Balaban J connectivity index is 2.41. The minimum Gasteiger partial charge on any atom is -0.477 e. The highest BCUT2D eigenvalue weighted by Crippen LogP contribution is 2.35. The molecule has 1 aliphatic heterocycles. The van der Waals surface area contributed by atoms with Crippen molar-refractivity contribution in [3.05, 3.63) is 14.7 Å². The Morgan fingerprint density at radius 2 is 2.21 bits per heavy atom. The van der Waals surface area contributed by atoms with E-state index in [1.165, 1.54) is 10.4 Å². The summed E-state index contributed by atoms with van der Waals surface area (Å²) >= 11 is 4.08. The van der Waals surface area contributed by atoms with E-state index in [0.29, 0.717) is 10.3 Å². The van der Waals surface area contributed by atoms with E-state index < -0.39 is 16.0 Å². The molecule has 19 heavy (non-hydrogen) atoms. The Labute approximate surface area is 124 Å². The molecule has 2 rings (SSSR count). The Bertz CT molecular complexity index is 596. The van der Waals surface area contributed by atoms with E-state index in [4.69, 9.17) is 5.11 Å². The van der Waals surface area contributed by atoms with Gasteiger partial charge in [-0.05, 0) is 41.8 Å². The van der Waals surface area contributed by atoms with Crippen LogP contribution in [0.4, 0.5) is 0 Å². The first-order chi connectivity index (χ1) is 8.84. The number of carboxylic acids is 1. The van der Waals surface area contributed by atoms with Crippen molar-refractivity contribution >= 4 is 43.3 Å². The van der Waals surface area contributed by atoms with Crippen LogP contribution in [0.2, 0.25) is 0 Å². The number of piperidine rings is 1. The van der Waals surface area contributed by atoms with Crippen LogP contribution in [0.15, 0.2) is 14.7 Å². The third kappa shape index (κ3) is 2.86. The first-order valence-corrected chi connectivity index (χ1v) is 8.93. The van der Waals surface area contributed by atoms with E-state index in [-0.39, 0.29) is 15.8 Å². The fraction of sp³-hybridized carbons (Fsp3) is 0.545. The summed E-state index contributed by atoms with van der Waals surface area (Å²) in [5, 5.41) is 8.93. The summed E-state index contributed by atoms with van der Waals surface area (Å²) in [6.45, 7) is 2.38. The van der Waals surface area contributed by atoms with Gasteiger partial charge in [-0.3, -0.25) is 0 Å². The van der Waals surface area contributed by atoms with E-state index in [1.807, 2.05) is 6.92 Å². The van der Waals surface area contributed by atoms with Crippen LogP contribution in [-0.2, 0) is 10.0 Å². The van der Waals surface area contributed by atoms with Gasteiger partial charge in [0.15, 0.2) is 0 Å². The summed E-state index contributed by atoms with van der Waals surface area (Å²) in [4.78, 5) is 11.0. The van der Waals surface area contributed by atoms with Crippen molar-refractivity contribution in [3.8, 4) is 0 Å². The molecule has 2 heterocycles. The van der Waals surface area contributed by atoms with E-state index in [1.54, 1.807) is 0 Å². The first kappa shape index (κ1) is 15.0. The standard InChI is InChI=1S/C11H14BrNO4S2/c1-7-4-2-3-5-13(7)19(16,17)9-6-8(11(14)15)18-10(9)12/h6-7H,2-5H2,1H3,(H,14,15). The number of thiophene rings is 1. The maximum atomic E-state index is 12.6. The van der Waals surface area contributed by atoms with Crippen molar-refractivity contribution in [2.24, 2.45) is 0 Å². The molecule has 0 spiro atoms. The van der Waals surface area contributed by atoms with Crippen molar-refractivity contribution < 1.29 is 18.3 Å². The van der Waals surface area contributed by atoms with Crippen LogP contribution in [0, 0.1) is 0 Å². The predicted octanol–water partition coefficient (Wildman–Crippen LogP) is 2.77. The van der Waals surface area contributed by atoms with Crippen LogP contribution in [-0.4, -0.2) is 36.4 Å². The van der Waals surface area contributed by atoms with Gasteiger partial charge in [-0.1, -0.05) is 6.42 Å². The molecular formula is C11H14BrNO4S2. The van der Waals surface area contributed by atoms with E-state index in [2.05, 4.69) is 15.9 Å². The van der Waals surface area contributed by atoms with Gasteiger partial charge in [0.1, 0.15) is 9.77 Å². The molecule has 1 aliphatic rings. The summed E-state index contributed by atoms with van der Waals surface area (Å²) in [6.07, 6.45) is 2.71. The van der Waals surface area contributed by atoms with Crippen molar-refractivity contribution in [2.75, 3.05) is 6.54 Å². The number of hydrogen-bond acceptors (Lipinski definition) is 4. The number of halogens is 1. The molecule has 1 atom stereocenters. The summed E-state index contributed by atoms with van der Waals surface area (Å²) in [6, 6.07) is 1.19. The SMILES string of the molecule is CC1CCCCN1S(=O)(=O)c1cc(C(=O)O)sc1Br. The lowest BCUT2D eigenvalue weighted by molar-refractivity contribution is 0.0702. The van der Waals surface area contributed by atoms with Gasteiger partial charge in [-0.15, -0.1) is 11.3 Å². The lowest BCUT2D eigenvalue weighted by Crippen LogP contribution is -2.41. The van der Waals surface area contributed by atoms with Crippen LogP contribution < -0.4 is 0 Å². The zero-order valence-corrected chi connectivity index (χ0v) is 13.5. The molecule has 0 amide bonds. The highest BCUT2D eigenvalue weighted by molar-refractivity contribution is 9.11. The Hall–Kier alpha value is -0.440. The minimum absolute atomic E-state index is 0.0233. The number of carboxylic acid groups (broad SMARTS) is 1. The zero-order valence-electron chi connectivity index (χ0n) is 10.3. The third-order valence-electron chi connectivity index (χ3n) is 3.19. The molecule has 0 aromatic carbocycles. The second kappa shape index (κ2) is 5.51.